The molecule has 1 aliphatic heterocycles. The number of nitrogens with one attached hydrogen (secondary N) is 1. The van der Waals surface area contributed by atoms with Gasteiger partial charge in [-0.25, -0.2) is 8.42 Å². The first kappa shape index (κ1) is 20.8. The molecular weight excluding hydrogens is 394 g/mol. The van der Waals surface area contributed by atoms with Crippen LogP contribution in [0.2, 0.25) is 0 Å². The Bertz CT molecular complexity index is 1030. The van der Waals surface area contributed by atoms with Crippen molar-refractivity contribution in [2.75, 3.05) is 29.6 Å². The normalized spacial score (nSPS) is 15.2. The predicted octanol–water partition coefficient (Wildman–Crippen LogP) is 3.49. The van der Waals surface area contributed by atoms with Gasteiger partial charge in [0, 0.05) is 36.7 Å². The van der Waals surface area contributed by atoms with Gasteiger partial charge in [-0.1, -0.05) is 6.92 Å². The second kappa shape index (κ2) is 8.20. The van der Waals surface area contributed by atoms with Gasteiger partial charge in [0.15, 0.2) is 9.84 Å². The highest BCUT2D eigenvalue weighted by atomic mass is 32.2. The fourth-order valence-corrected chi connectivity index (χ4v) is 3.95. The first-order valence-corrected chi connectivity index (χ1v) is 11.2. The Hall–Kier alpha value is -2.94. The lowest BCUT2D eigenvalue weighted by molar-refractivity contribution is -0.384. The molecule has 2 aromatic carbocycles. The van der Waals surface area contributed by atoms with Crippen LogP contribution in [0, 0.1) is 16.0 Å². The molecule has 0 aromatic heterocycles. The molecule has 0 radical (unpaired) electrons. The zero-order valence-electron chi connectivity index (χ0n) is 16.3. The Morgan fingerprint density at radius 3 is 2.31 bits per heavy atom. The van der Waals surface area contributed by atoms with E-state index in [-0.39, 0.29) is 16.1 Å². The number of amides is 1. The molecule has 1 fully saturated rings. The Balaban J connectivity index is 1.80. The van der Waals surface area contributed by atoms with E-state index >= 15 is 0 Å². The summed E-state index contributed by atoms with van der Waals surface area (Å²) in [5.41, 5.74) is 0.993. The van der Waals surface area contributed by atoms with Crippen molar-refractivity contribution in [1.82, 2.24) is 0 Å². The minimum atomic E-state index is -3.33. The van der Waals surface area contributed by atoms with Gasteiger partial charge in [0.25, 0.3) is 11.6 Å². The maximum Gasteiger partial charge on any atom is 0.293 e. The van der Waals surface area contributed by atoms with E-state index in [0.717, 1.165) is 32.2 Å². The average Bonchev–Trinajstić information content (AvgIpc) is 2.68. The Kier molecular flexibility index (Phi) is 5.88. The zero-order chi connectivity index (χ0) is 21.2. The van der Waals surface area contributed by atoms with Crippen molar-refractivity contribution in [2.45, 2.75) is 24.7 Å². The van der Waals surface area contributed by atoms with Gasteiger partial charge >= 0.3 is 0 Å². The molecule has 9 heteroatoms. The van der Waals surface area contributed by atoms with Crippen LogP contribution in [0.25, 0.3) is 0 Å². The quantitative estimate of drug-likeness (QED) is 0.589. The van der Waals surface area contributed by atoms with Gasteiger partial charge in [-0.05, 0) is 55.2 Å². The zero-order valence-corrected chi connectivity index (χ0v) is 17.1. The van der Waals surface area contributed by atoms with Gasteiger partial charge in [0.05, 0.1) is 9.82 Å². The lowest BCUT2D eigenvalue weighted by Gasteiger charge is -2.31. The second-order valence-corrected chi connectivity index (χ2v) is 9.40. The molecule has 0 aliphatic carbocycles. The summed E-state index contributed by atoms with van der Waals surface area (Å²) in [6, 6.07) is 10.2. The third-order valence-corrected chi connectivity index (χ3v) is 6.23. The molecule has 2 aromatic rings. The molecule has 0 atom stereocenters. The van der Waals surface area contributed by atoms with Gasteiger partial charge in [0.1, 0.15) is 5.69 Å². The summed E-state index contributed by atoms with van der Waals surface area (Å²) < 4.78 is 23.0. The fourth-order valence-electron chi connectivity index (χ4n) is 3.32. The molecular formula is C20H23N3O5S. The molecule has 3 rings (SSSR count). The Labute approximate surface area is 169 Å². The van der Waals surface area contributed by atoms with Gasteiger partial charge in [-0.3, -0.25) is 14.9 Å². The van der Waals surface area contributed by atoms with E-state index in [1.54, 1.807) is 12.1 Å². The molecule has 1 aliphatic rings. The van der Waals surface area contributed by atoms with E-state index in [2.05, 4.69) is 12.2 Å². The van der Waals surface area contributed by atoms with E-state index in [4.69, 9.17) is 0 Å². The first-order chi connectivity index (χ1) is 13.6. The smallest absolute Gasteiger partial charge is 0.293 e. The van der Waals surface area contributed by atoms with Crippen LogP contribution in [0.3, 0.4) is 0 Å². The number of nitro groups is 1. The highest BCUT2D eigenvalue weighted by Crippen LogP contribution is 2.32. The maximum absolute atomic E-state index is 12.5. The van der Waals surface area contributed by atoms with Crippen LogP contribution in [-0.4, -0.2) is 38.6 Å². The minimum Gasteiger partial charge on any atom is -0.366 e. The summed E-state index contributed by atoms with van der Waals surface area (Å²) in [6.07, 6.45) is 3.05. The molecule has 1 saturated heterocycles. The molecule has 29 heavy (non-hydrogen) atoms. The monoisotopic (exact) mass is 417 g/mol. The first-order valence-electron chi connectivity index (χ1n) is 9.30. The van der Waals surface area contributed by atoms with Crippen molar-refractivity contribution in [2.24, 2.45) is 5.92 Å². The van der Waals surface area contributed by atoms with Crippen molar-refractivity contribution in [3.63, 3.8) is 0 Å². The molecule has 154 valence electrons. The number of hydrogen-bond acceptors (Lipinski definition) is 6. The molecule has 1 N–H and O–H groups in total. The standard InChI is InChI=1S/C20H23N3O5S/c1-14-9-11-22(12-10-14)18-8-3-15(13-19(18)23(25)26)20(24)21-16-4-6-17(7-5-16)29(2,27)28/h3-8,13-14H,9-12H2,1-2H3,(H,21,24). The van der Waals surface area contributed by atoms with E-state index in [1.807, 2.05) is 4.90 Å². The van der Waals surface area contributed by atoms with Crippen LogP contribution in [0.15, 0.2) is 47.4 Å². The molecule has 0 unspecified atom stereocenters. The summed E-state index contributed by atoms with van der Waals surface area (Å²) in [4.78, 5) is 25.8. The van der Waals surface area contributed by atoms with Gasteiger partial charge in [-0.2, -0.15) is 0 Å². The van der Waals surface area contributed by atoms with Gasteiger partial charge < -0.3 is 10.2 Å². The number of nitrogens with zero attached hydrogens (tertiary/aromatic N) is 2. The third-order valence-electron chi connectivity index (χ3n) is 5.10. The van der Waals surface area contributed by atoms with Crippen LogP contribution in [-0.2, 0) is 9.84 Å². The van der Waals surface area contributed by atoms with E-state index in [9.17, 15) is 23.3 Å². The Morgan fingerprint density at radius 1 is 1.14 bits per heavy atom. The summed E-state index contributed by atoms with van der Waals surface area (Å²) in [5.74, 6) is 0.100. The lowest BCUT2D eigenvalue weighted by Crippen LogP contribution is -2.33. The average molecular weight is 417 g/mol. The summed E-state index contributed by atoms with van der Waals surface area (Å²) in [5, 5.41) is 14.2. The molecule has 8 nitrogen and oxygen atoms in total. The van der Waals surface area contributed by atoms with Crippen molar-refractivity contribution in [1.29, 1.82) is 0 Å². The van der Waals surface area contributed by atoms with E-state index in [0.29, 0.717) is 17.3 Å². The number of benzene rings is 2. The Morgan fingerprint density at radius 2 is 1.76 bits per heavy atom. The number of hydrogen-bond donors (Lipinski definition) is 1. The largest absolute Gasteiger partial charge is 0.366 e. The van der Waals surface area contributed by atoms with Crippen LogP contribution in [0.4, 0.5) is 17.1 Å². The summed E-state index contributed by atoms with van der Waals surface area (Å²) >= 11 is 0. The highest BCUT2D eigenvalue weighted by Gasteiger charge is 2.24. The molecule has 0 spiro atoms. The summed E-state index contributed by atoms with van der Waals surface area (Å²) in [6.45, 7) is 3.67. The van der Waals surface area contributed by atoms with Crippen LogP contribution < -0.4 is 10.2 Å². The minimum absolute atomic E-state index is 0.0976. The molecule has 0 bridgehead atoms. The van der Waals surface area contributed by atoms with Crippen molar-refractivity contribution < 1.29 is 18.1 Å². The van der Waals surface area contributed by atoms with Gasteiger partial charge in [0.2, 0.25) is 0 Å². The number of rotatable bonds is 5. The number of carbonyl (C=O) groups is 1. The van der Waals surface area contributed by atoms with Crippen molar-refractivity contribution >= 4 is 32.8 Å². The molecule has 0 saturated carbocycles. The number of anilines is 2. The predicted molar refractivity (Wildman–Crippen MR) is 111 cm³/mol. The van der Waals surface area contributed by atoms with E-state index in [1.165, 1.54) is 30.3 Å². The van der Waals surface area contributed by atoms with E-state index < -0.39 is 20.7 Å². The van der Waals surface area contributed by atoms with Crippen LogP contribution in [0.1, 0.15) is 30.1 Å². The lowest BCUT2D eigenvalue weighted by atomic mass is 9.98. The number of carbonyl (C=O) groups excluding carboxylic acids is 1. The number of sulfone groups is 1. The fraction of sp³-hybridized carbons (Fsp3) is 0.350. The second-order valence-electron chi connectivity index (χ2n) is 7.38. The maximum atomic E-state index is 12.5. The van der Waals surface area contributed by atoms with Crippen LogP contribution in [0.5, 0.6) is 0 Å². The number of nitro benzene ring substituents is 1. The van der Waals surface area contributed by atoms with Crippen molar-refractivity contribution in [3.8, 4) is 0 Å². The van der Waals surface area contributed by atoms with Gasteiger partial charge in [-0.15, -0.1) is 0 Å². The van der Waals surface area contributed by atoms with Crippen molar-refractivity contribution in [3.05, 3.63) is 58.1 Å². The number of piperidine rings is 1. The highest BCUT2D eigenvalue weighted by molar-refractivity contribution is 7.90. The molecule has 1 amide bonds. The molecule has 1 heterocycles. The van der Waals surface area contributed by atoms with Crippen LogP contribution >= 0.6 is 0 Å². The summed E-state index contributed by atoms with van der Waals surface area (Å²) in [7, 11) is -3.33. The SMILES string of the molecule is CC1CCN(c2ccc(C(=O)Nc3ccc(S(C)(=O)=O)cc3)cc2[N+](=O)[O-])CC1. The third kappa shape index (κ3) is 4.92. The topological polar surface area (TPSA) is 110 Å².